The fourth-order valence-corrected chi connectivity index (χ4v) is 5.28. The molecule has 0 radical (unpaired) electrons. The molecule has 1 aromatic rings. The summed E-state index contributed by atoms with van der Waals surface area (Å²) in [5, 5.41) is 0. The third-order valence-electron chi connectivity index (χ3n) is 2.87. The molecule has 1 unspecified atom stereocenters. The Labute approximate surface area is 120 Å². The first-order chi connectivity index (χ1) is 8.43. The van der Waals surface area contributed by atoms with Crippen LogP contribution in [0.4, 0.5) is 5.69 Å². The Bertz CT molecular complexity index is 548. The number of benzene rings is 1. The molecule has 0 amide bonds. The summed E-state index contributed by atoms with van der Waals surface area (Å²) in [6.07, 6.45) is 0. The summed E-state index contributed by atoms with van der Waals surface area (Å²) < 4.78 is 27.4. The molecule has 1 aromatic carbocycles. The fraction of sp³-hybridized carbons (Fsp3) is 0.455. The van der Waals surface area contributed by atoms with Crippen molar-refractivity contribution in [3.8, 4) is 0 Å². The number of nitrogens with two attached hydrogens (primary N) is 1. The van der Waals surface area contributed by atoms with Crippen LogP contribution in [-0.4, -0.2) is 36.8 Å². The molecule has 0 aromatic heterocycles. The second kappa shape index (κ2) is 5.40. The number of anilines is 1. The summed E-state index contributed by atoms with van der Waals surface area (Å²) in [6.45, 7) is 2.47. The highest BCUT2D eigenvalue weighted by Crippen LogP contribution is 2.29. The highest BCUT2D eigenvalue weighted by atomic mass is 79.9. The van der Waals surface area contributed by atoms with E-state index in [1.165, 1.54) is 0 Å². The lowest BCUT2D eigenvalue weighted by Gasteiger charge is -2.32. The zero-order valence-electron chi connectivity index (χ0n) is 9.97. The Morgan fingerprint density at radius 1 is 1.50 bits per heavy atom. The molecule has 1 saturated heterocycles. The Morgan fingerprint density at radius 2 is 2.22 bits per heavy atom. The number of halogens is 1. The van der Waals surface area contributed by atoms with E-state index in [2.05, 4.69) is 15.9 Å². The molecule has 100 valence electrons. The molecule has 0 aliphatic carbocycles. The second-order valence-corrected chi connectivity index (χ2v) is 8.15. The molecule has 18 heavy (non-hydrogen) atoms. The lowest BCUT2D eigenvalue weighted by Crippen LogP contribution is -2.44. The van der Waals surface area contributed by atoms with E-state index in [1.54, 1.807) is 34.3 Å². The number of nitrogens with zero attached hydrogens (tertiary/aromatic N) is 1. The molecule has 0 saturated carbocycles. The van der Waals surface area contributed by atoms with E-state index in [0.717, 1.165) is 16.0 Å². The van der Waals surface area contributed by atoms with Crippen LogP contribution in [0, 0.1) is 0 Å². The van der Waals surface area contributed by atoms with Gasteiger partial charge in [0.2, 0.25) is 10.0 Å². The first-order valence-corrected chi connectivity index (χ1v) is 8.96. The van der Waals surface area contributed by atoms with Gasteiger partial charge in [0.15, 0.2) is 0 Å². The molecule has 1 atom stereocenters. The molecule has 1 aliphatic heterocycles. The van der Waals surface area contributed by atoms with Gasteiger partial charge >= 0.3 is 0 Å². The maximum atomic E-state index is 12.6. The standard InChI is InChI=1S/C11H15BrN2O2S2/c1-8-7-17-5-4-14(8)18(15,16)11-3-2-9(12)6-10(11)13/h2-3,6,8H,4-5,7,13H2,1H3. The summed E-state index contributed by atoms with van der Waals surface area (Å²) in [6, 6.07) is 4.89. The van der Waals surface area contributed by atoms with Gasteiger partial charge in [0, 0.05) is 28.6 Å². The van der Waals surface area contributed by atoms with Crippen LogP contribution in [-0.2, 0) is 10.0 Å². The van der Waals surface area contributed by atoms with Gasteiger partial charge < -0.3 is 5.73 Å². The van der Waals surface area contributed by atoms with E-state index in [9.17, 15) is 8.42 Å². The second-order valence-electron chi connectivity index (χ2n) is 4.22. The van der Waals surface area contributed by atoms with Crippen molar-refractivity contribution in [3.63, 3.8) is 0 Å². The molecular weight excluding hydrogens is 336 g/mol. The first-order valence-electron chi connectivity index (χ1n) is 5.57. The minimum Gasteiger partial charge on any atom is -0.398 e. The monoisotopic (exact) mass is 350 g/mol. The normalized spacial score (nSPS) is 22.0. The van der Waals surface area contributed by atoms with Crippen molar-refractivity contribution in [2.75, 3.05) is 23.8 Å². The van der Waals surface area contributed by atoms with Gasteiger partial charge in [-0.2, -0.15) is 16.1 Å². The van der Waals surface area contributed by atoms with Crippen molar-refractivity contribution >= 4 is 43.4 Å². The Hall–Kier alpha value is -0.240. The van der Waals surface area contributed by atoms with Gasteiger partial charge in [0.1, 0.15) is 4.90 Å². The van der Waals surface area contributed by atoms with Gasteiger partial charge in [-0.05, 0) is 25.1 Å². The topological polar surface area (TPSA) is 63.4 Å². The Kier molecular flexibility index (Phi) is 4.25. The minimum absolute atomic E-state index is 0.0109. The predicted molar refractivity (Wildman–Crippen MR) is 79.2 cm³/mol. The maximum Gasteiger partial charge on any atom is 0.245 e. The largest absolute Gasteiger partial charge is 0.398 e. The molecule has 1 fully saturated rings. The predicted octanol–water partition coefficient (Wildman–Crippen LogP) is 2.16. The van der Waals surface area contributed by atoms with E-state index >= 15 is 0 Å². The number of rotatable bonds is 2. The van der Waals surface area contributed by atoms with E-state index in [0.29, 0.717) is 6.54 Å². The Morgan fingerprint density at radius 3 is 2.83 bits per heavy atom. The molecule has 2 N–H and O–H groups in total. The minimum atomic E-state index is -3.48. The molecule has 0 bridgehead atoms. The maximum absolute atomic E-state index is 12.6. The van der Waals surface area contributed by atoms with Crippen LogP contribution in [0.1, 0.15) is 6.92 Å². The number of nitrogen functional groups attached to an aromatic ring is 1. The molecule has 1 heterocycles. The van der Waals surface area contributed by atoms with E-state index < -0.39 is 10.0 Å². The van der Waals surface area contributed by atoms with Crippen LogP contribution in [0.3, 0.4) is 0 Å². The zero-order valence-corrected chi connectivity index (χ0v) is 13.2. The summed E-state index contributed by atoms with van der Waals surface area (Å²) in [7, 11) is -3.48. The van der Waals surface area contributed by atoms with Crippen molar-refractivity contribution in [1.29, 1.82) is 0 Å². The number of hydrogen-bond donors (Lipinski definition) is 1. The quantitative estimate of drug-likeness (QED) is 0.830. The van der Waals surface area contributed by atoms with Gasteiger partial charge in [-0.1, -0.05) is 15.9 Å². The average Bonchev–Trinajstić information content (AvgIpc) is 2.28. The van der Waals surface area contributed by atoms with E-state index in [4.69, 9.17) is 5.73 Å². The van der Waals surface area contributed by atoms with Crippen LogP contribution in [0.15, 0.2) is 27.6 Å². The van der Waals surface area contributed by atoms with Gasteiger partial charge in [0.25, 0.3) is 0 Å². The van der Waals surface area contributed by atoms with Crippen LogP contribution < -0.4 is 5.73 Å². The lowest BCUT2D eigenvalue weighted by molar-refractivity contribution is 0.368. The molecule has 4 nitrogen and oxygen atoms in total. The highest BCUT2D eigenvalue weighted by molar-refractivity contribution is 9.10. The third kappa shape index (κ3) is 2.68. The van der Waals surface area contributed by atoms with Crippen LogP contribution in [0.25, 0.3) is 0 Å². The summed E-state index contributed by atoms with van der Waals surface area (Å²) in [5.41, 5.74) is 6.11. The van der Waals surface area contributed by atoms with Crippen LogP contribution in [0.5, 0.6) is 0 Å². The molecule has 2 rings (SSSR count). The van der Waals surface area contributed by atoms with Gasteiger partial charge in [-0.25, -0.2) is 8.42 Å². The number of thioether (sulfide) groups is 1. The van der Waals surface area contributed by atoms with Crippen molar-refractivity contribution in [2.24, 2.45) is 0 Å². The summed E-state index contributed by atoms with van der Waals surface area (Å²) in [5.74, 6) is 1.66. The molecule has 7 heteroatoms. The first kappa shape index (κ1) is 14.2. The molecule has 1 aliphatic rings. The fourth-order valence-electron chi connectivity index (χ4n) is 1.95. The summed E-state index contributed by atoms with van der Waals surface area (Å²) >= 11 is 5.06. The smallest absolute Gasteiger partial charge is 0.245 e. The van der Waals surface area contributed by atoms with Gasteiger partial charge in [-0.3, -0.25) is 0 Å². The van der Waals surface area contributed by atoms with E-state index in [-0.39, 0.29) is 16.6 Å². The van der Waals surface area contributed by atoms with Gasteiger partial charge in [0.05, 0.1) is 5.69 Å². The van der Waals surface area contributed by atoms with Gasteiger partial charge in [-0.15, -0.1) is 0 Å². The van der Waals surface area contributed by atoms with Crippen molar-refractivity contribution < 1.29 is 8.42 Å². The number of sulfonamides is 1. The van der Waals surface area contributed by atoms with Crippen LogP contribution >= 0.6 is 27.7 Å². The summed E-state index contributed by atoms with van der Waals surface area (Å²) in [4.78, 5) is 0.199. The third-order valence-corrected chi connectivity index (χ3v) is 6.64. The van der Waals surface area contributed by atoms with Crippen LogP contribution in [0.2, 0.25) is 0 Å². The molecule has 0 spiro atoms. The lowest BCUT2D eigenvalue weighted by atomic mass is 10.3. The van der Waals surface area contributed by atoms with Crippen molar-refractivity contribution in [3.05, 3.63) is 22.7 Å². The molecular formula is C11H15BrN2O2S2. The van der Waals surface area contributed by atoms with Crippen molar-refractivity contribution in [1.82, 2.24) is 4.31 Å². The zero-order chi connectivity index (χ0) is 13.3. The Balaban J connectivity index is 2.41. The van der Waals surface area contributed by atoms with E-state index in [1.807, 2.05) is 6.92 Å². The van der Waals surface area contributed by atoms with Crippen molar-refractivity contribution in [2.45, 2.75) is 17.9 Å². The highest BCUT2D eigenvalue weighted by Gasteiger charge is 2.32. The average molecular weight is 351 g/mol. The number of hydrogen-bond acceptors (Lipinski definition) is 4. The SMILES string of the molecule is CC1CSCCN1S(=O)(=O)c1ccc(Br)cc1N.